The molecule has 0 bridgehead atoms. The molecule has 0 aliphatic rings. The second-order valence-corrected chi connectivity index (χ2v) is 1.71. The summed E-state index contributed by atoms with van der Waals surface area (Å²) >= 11 is 0. The first-order valence-electron chi connectivity index (χ1n) is 2.61. The van der Waals surface area contributed by atoms with Gasteiger partial charge in [-0.05, 0) is 7.05 Å². The number of amides is 1. The molecule has 0 heterocycles. The maximum absolute atomic E-state index is 10.5. The molecule has 0 spiro atoms. The highest BCUT2D eigenvalue weighted by molar-refractivity contribution is 5.98. The first kappa shape index (κ1) is 8.10. The Labute approximate surface area is 53.4 Å². The average molecular weight is 130 g/mol. The molecule has 0 radical (unpaired) electrons. The van der Waals surface area contributed by atoms with E-state index in [1.807, 2.05) is 0 Å². The molecule has 0 unspecified atom stereocenters. The molecular formula is C5H10N2O2. The van der Waals surface area contributed by atoms with Crippen LogP contribution < -0.4 is 11.1 Å². The number of carbonyl (C=O) groups excluding carboxylic acids is 2. The molecule has 0 rings (SSSR count). The van der Waals surface area contributed by atoms with Crippen molar-refractivity contribution in [1.82, 2.24) is 5.32 Å². The summed E-state index contributed by atoms with van der Waals surface area (Å²) in [6.45, 7) is 0.211. The molecular weight excluding hydrogens is 120 g/mol. The third kappa shape index (κ3) is 4.96. The zero-order valence-corrected chi connectivity index (χ0v) is 5.31. The summed E-state index contributed by atoms with van der Waals surface area (Å²) in [5.41, 5.74) is 4.74. The van der Waals surface area contributed by atoms with Crippen LogP contribution in [0.1, 0.15) is 6.42 Å². The number of primary amides is 1. The fourth-order valence-corrected chi connectivity index (χ4v) is 0.454. The molecule has 0 aliphatic heterocycles. The SMILES string of the molecule is CNCC(=O)CC(N)=O. The van der Waals surface area contributed by atoms with Crippen molar-refractivity contribution in [2.75, 3.05) is 13.6 Å². The van der Waals surface area contributed by atoms with Crippen molar-refractivity contribution in [3.63, 3.8) is 0 Å². The lowest BCUT2D eigenvalue weighted by Gasteiger charge is -1.93. The number of hydrogen-bond acceptors (Lipinski definition) is 3. The van der Waals surface area contributed by atoms with Crippen molar-refractivity contribution in [1.29, 1.82) is 0 Å². The Hall–Kier alpha value is -0.900. The minimum absolute atomic E-state index is 0.166. The van der Waals surface area contributed by atoms with Crippen LogP contribution in [0.3, 0.4) is 0 Å². The van der Waals surface area contributed by atoms with Gasteiger partial charge in [0.1, 0.15) is 0 Å². The van der Waals surface area contributed by atoms with E-state index in [0.29, 0.717) is 0 Å². The van der Waals surface area contributed by atoms with E-state index in [9.17, 15) is 9.59 Å². The number of nitrogens with two attached hydrogens (primary N) is 1. The first-order chi connectivity index (χ1) is 4.16. The zero-order valence-electron chi connectivity index (χ0n) is 5.31. The van der Waals surface area contributed by atoms with E-state index in [-0.39, 0.29) is 18.7 Å². The molecule has 4 heteroatoms. The van der Waals surface area contributed by atoms with Gasteiger partial charge in [0.2, 0.25) is 5.91 Å². The van der Waals surface area contributed by atoms with E-state index in [2.05, 4.69) is 5.32 Å². The number of rotatable bonds is 4. The van der Waals surface area contributed by atoms with Gasteiger partial charge in [0.15, 0.2) is 5.78 Å². The van der Waals surface area contributed by atoms with E-state index in [1.54, 1.807) is 7.05 Å². The Morgan fingerprint density at radius 3 is 2.44 bits per heavy atom. The van der Waals surface area contributed by atoms with Gasteiger partial charge in [0.05, 0.1) is 13.0 Å². The maximum Gasteiger partial charge on any atom is 0.224 e. The molecule has 0 saturated heterocycles. The highest BCUT2D eigenvalue weighted by atomic mass is 16.2. The number of hydrogen-bond donors (Lipinski definition) is 2. The zero-order chi connectivity index (χ0) is 7.28. The summed E-state index contributed by atoms with van der Waals surface area (Å²) < 4.78 is 0. The number of carbonyl (C=O) groups is 2. The number of ketones is 1. The lowest BCUT2D eigenvalue weighted by molar-refractivity contribution is -0.125. The minimum Gasteiger partial charge on any atom is -0.369 e. The lowest BCUT2D eigenvalue weighted by Crippen LogP contribution is -2.24. The monoisotopic (exact) mass is 130 g/mol. The van der Waals surface area contributed by atoms with Crippen molar-refractivity contribution >= 4 is 11.7 Å². The van der Waals surface area contributed by atoms with Gasteiger partial charge in [-0.15, -0.1) is 0 Å². The van der Waals surface area contributed by atoms with Crippen molar-refractivity contribution in [3.8, 4) is 0 Å². The fourth-order valence-electron chi connectivity index (χ4n) is 0.454. The molecule has 0 aromatic heterocycles. The van der Waals surface area contributed by atoms with Gasteiger partial charge >= 0.3 is 0 Å². The molecule has 4 nitrogen and oxygen atoms in total. The van der Waals surface area contributed by atoms with Gasteiger partial charge in [-0.3, -0.25) is 9.59 Å². The van der Waals surface area contributed by atoms with Gasteiger partial charge in [-0.2, -0.15) is 0 Å². The van der Waals surface area contributed by atoms with Crippen molar-refractivity contribution in [2.45, 2.75) is 6.42 Å². The second kappa shape index (κ2) is 4.03. The summed E-state index contributed by atoms with van der Waals surface area (Å²) in [4.78, 5) is 20.5. The summed E-state index contributed by atoms with van der Waals surface area (Å²) in [5.74, 6) is -0.750. The molecule has 0 aromatic rings. The normalized spacial score (nSPS) is 9.00. The fraction of sp³-hybridized carbons (Fsp3) is 0.600. The first-order valence-corrected chi connectivity index (χ1v) is 2.61. The second-order valence-electron chi connectivity index (χ2n) is 1.71. The molecule has 0 fully saturated rings. The largest absolute Gasteiger partial charge is 0.369 e. The summed E-state index contributed by atoms with van der Waals surface area (Å²) in [7, 11) is 1.64. The van der Waals surface area contributed by atoms with E-state index >= 15 is 0 Å². The van der Waals surface area contributed by atoms with Crippen LogP contribution in [0.5, 0.6) is 0 Å². The Bertz CT molecular complexity index is 122. The third-order valence-electron chi connectivity index (χ3n) is 0.745. The van der Waals surface area contributed by atoms with Crippen LogP contribution in [0.25, 0.3) is 0 Å². The predicted octanol–water partition coefficient (Wildman–Crippen LogP) is -1.35. The molecule has 1 amide bonds. The van der Waals surface area contributed by atoms with Gasteiger partial charge < -0.3 is 11.1 Å². The predicted molar refractivity (Wildman–Crippen MR) is 32.7 cm³/mol. The summed E-state index contributed by atoms with van der Waals surface area (Å²) in [6, 6.07) is 0. The lowest BCUT2D eigenvalue weighted by atomic mass is 10.3. The van der Waals surface area contributed by atoms with Crippen LogP contribution in [0.4, 0.5) is 0 Å². The van der Waals surface area contributed by atoms with E-state index in [1.165, 1.54) is 0 Å². The van der Waals surface area contributed by atoms with Gasteiger partial charge in [0.25, 0.3) is 0 Å². The highest BCUT2D eigenvalue weighted by Crippen LogP contribution is 1.77. The topological polar surface area (TPSA) is 72.2 Å². The average Bonchev–Trinajstić information content (AvgIpc) is 1.63. The molecule has 0 aliphatic carbocycles. The van der Waals surface area contributed by atoms with E-state index < -0.39 is 5.91 Å². The van der Waals surface area contributed by atoms with Crippen LogP contribution in [-0.2, 0) is 9.59 Å². The van der Waals surface area contributed by atoms with Crippen LogP contribution in [0, 0.1) is 0 Å². The maximum atomic E-state index is 10.5. The number of likely N-dealkylation sites (N-methyl/N-ethyl adjacent to an activating group) is 1. The van der Waals surface area contributed by atoms with Crippen LogP contribution >= 0.6 is 0 Å². The Morgan fingerprint density at radius 1 is 1.56 bits per heavy atom. The van der Waals surface area contributed by atoms with E-state index in [4.69, 9.17) is 5.73 Å². The quantitative estimate of drug-likeness (QED) is 0.462. The molecule has 3 N–H and O–H groups in total. The van der Waals surface area contributed by atoms with Gasteiger partial charge in [0, 0.05) is 0 Å². The van der Waals surface area contributed by atoms with Crippen molar-refractivity contribution in [2.24, 2.45) is 5.73 Å². The molecule has 0 aromatic carbocycles. The molecule has 0 saturated carbocycles. The minimum atomic E-state index is -0.574. The summed E-state index contributed by atoms with van der Waals surface area (Å²) in [6.07, 6.45) is -0.166. The molecule has 0 atom stereocenters. The number of nitrogens with one attached hydrogen (secondary N) is 1. The third-order valence-corrected chi connectivity index (χ3v) is 0.745. The summed E-state index contributed by atoms with van der Waals surface area (Å²) in [5, 5.41) is 2.62. The highest BCUT2D eigenvalue weighted by Gasteiger charge is 2.02. The standard InChI is InChI=1S/C5H10N2O2/c1-7-3-4(8)2-5(6)9/h7H,2-3H2,1H3,(H2,6,9). The Balaban J connectivity index is 3.39. The van der Waals surface area contributed by atoms with Crippen molar-refractivity contribution < 1.29 is 9.59 Å². The van der Waals surface area contributed by atoms with E-state index in [0.717, 1.165) is 0 Å². The number of Topliss-reactive ketones (excluding diaryl/α,β-unsaturated/α-hetero) is 1. The van der Waals surface area contributed by atoms with Crippen LogP contribution in [0.2, 0.25) is 0 Å². The Morgan fingerprint density at radius 2 is 2.11 bits per heavy atom. The van der Waals surface area contributed by atoms with Crippen molar-refractivity contribution in [3.05, 3.63) is 0 Å². The van der Waals surface area contributed by atoms with Crippen LogP contribution in [-0.4, -0.2) is 25.3 Å². The van der Waals surface area contributed by atoms with Gasteiger partial charge in [-0.25, -0.2) is 0 Å². The molecule has 9 heavy (non-hydrogen) atoms. The van der Waals surface area contributed by atoms with Gasteiger partial charge in [-0.1, -0.05) is 0 Å². The smallest absolute Gasteiger partial charge is 0.224 e. The molecule has 52 valence electrons. The van der Waals surface area contributed by atoms with Crippen LogP contribution in [0.15, 0.2) is 0 Å². The Kier molecular flexibility index (Phi) is 3.62.